The largest absolute Gasteiger partial charge is 0.462 e. The Bertz CT molecular complexity index is 873. The van der Waals surface area contributed by atoms with Crippen LogP contribution in [0.25, 0.3) is 0 Å². The lowest BCUT2D eigenvalue weighted by molar-refractivity contribution is -0.141. The third-order valence-corrected chi connectivity index (χ3v) is 6.26. The van der Waals surface area contributed by atoms with Gasteiger partial charge in [-0.15, -0.1) is 22.7 Å². The lowest BCUT2D eigenvalue weighted by Gasteiger charge is -2.18. The molecule has 1 unspecified atom stereocenters. The normalized spacial score (nSPS) is 16.7. The van der Waals surface area contributed by atoms with Gasteiger partial charge >= 0.3 is 12.1 Å². The van der Waals surface area contributed by atoms with Crippen LogP contribution in [0.2, 0.25) is 0 Å². The molecule has 146 valence electrons. The molecule has 1 amide bonds. The van der Waals surface area contributed by atoms with Crippen molar-refractivity contribution in [1.29, 1.82) is 0 Å². The molecule has 27 heavy (non-hydrogen) atoms. The Morgan fingerprint density at radius 1 is 1.41 bits per heavy atom. The number of rotatable bonds is 4. The van der Waals surface area contributed by atoms with E-state index in [1.807, 2.05) is 0 Å². The van der Waals surface area contributed by atoms with Gasteiger partial charge in [0.2, 0.25) is 0 Å². The molecule has 0 saturated heterocycles. The lowest BCUT2D eigenvalue weighted by atomic mass is 9.88. The van der Waals surface area contributed by atoms with E-state index < -0.39 is 28.6 Å². The SMILES string of the molecule is CCOC(=O)c1c(NC(=O)c2scnc2C(F)(F)F)sc2c1CCC(C)C2. The number of esters is 1. The minimum absolute atomic E-state index is 0.167. The summed E-state index contributed by atoms with van der Waals surface area (Å²) in [6.07, 6.45) is -2.39. The number of nitrogens with zero attached hydrogens (tertiary/aromatic N) is 1. The number of aromatic nitrogens is 1. The summed E-state index contributed by atoms with van der Waals surface area (Å²) in [6, 6.07) is 0. The Hall–Kier alpha value is -1.94. The zero-order valence-electron chi connectivity index (χ0n) is 14.6. The quantitative estimate of drug-likeness (QED) is 0.726. The van der Waals surface area contributed by atoms with Crippen LogP contribution in [0.3, 0.4) is 0 Å². The zero-order valence-corrected chi connectivity index (χ0v) is 16.2. The second-order valence-corrected chi connectivity index (χ2v) is 8.22. The van der Waals surface area contributed by atoms with Crippen molar-refractivity contribution in [2.24, 2.45) is 5.92 Å². The Balaban J connectivity index is 1.96. The van der Waals surface area contributed by atoms with Gasteiger partial charge < -0.3 is 10.1 Å². The molecule has 1 aliphatic rings. The molecule has 10 heteroatoms. The van der Waals surface area contributed by atoms with E-state index >= 15 is 0 Å². The van der Waals surface area contributed by atoms with E-state index in [0.29, 0.717) is 23.7 Å². The molecule has 2 aromatic rings. The van der Waals surface area contributed by atoms with Crippen molar-refractivity contribution < 1.29 is 27.5 Å². The molecular weight excluding hydrogens is 401 g/mol. The van der Waals surface area contributed by atoms with Crippen molar-refractivity contribution in [3.8, 4) is 0 Å². The Labute approximate surface area is 161 Å². The van der Waals surface area contributed by atoms with Crippen LogP contribution in [-0.2, 0) is 23.8 Å². The highest BCUT2D eigenvalue weighted by Crippen LogP contribution is 2.41. The van der Waals surface area contributed by atoms with Gasteiger partial charge in [0.05, 0.1) is 17.7 Å². The molecule has 0 aliphatic heterocycles. The second kappa shape index (κ2) is 7.59. The van der Waals surface area contributed by atoms with Crippen LogP contribution in [0.4, 0.5) is 18.2 Å². The maximum Gasteiger partial charge on any atom is 0.434 e. The summed E-state index contributed by atoms with van der Waals surface area (Å²) < 4.78 is 44.1. The second-order valence-electron chi connectivity index (χ2n) is 6.26. The predicted molar refractivity (Wildman–Crippen MR) is 96.5 cm³/mol. The van der Waals surface area contributed by atoms with Gasteiger partial charge in [0.25, 0.3) is 5.91 Å². The topological polar surface area (TPSA) is 68.3 Å². The third-order valence-electron chi connectivity index (χ3n) is 4.26. The van der Waals surface area contributed by atoms with Gasteiger partial charge in [-0.3, -0.25) is 4.79 Å². The van der Waals surface area contributed by atoms with Gasteiger partial charge in [-0.25, -0.2) is 9.78 Å². The maximum absolute atomic E-state index is 13.0. The summed E-state index contributed by atoms with van der Waals surface area (Å²) in [5.41, 5.74) is 0.838. The first-order valence-electron chi connectivity index (χ1n) is 8.36. The van der Waals surface area contributed by atoms with Crippen molar-refractivity contribution in [2.45, 2.75) is 39.3 Å². The Morgan fingerprint density at radius 3 is 2.81 bits per heavy atom. The van der Waals surface area contributed by atoms with E-state index in [9.17, 15) is 22.8 Å². The lowest BCUT2D eigenvalue weighted by Crippen LogP contribution is -2.19. The standard InChI is InChI=1S/C17H17F3N2O3S2/c1-3-25-16(24)11-9-5-4-8(2)6-10(9)27-15(11)22-14(23)12-13(17(18,19)20)21-7-26-12/h7-8H,3-6H2,1-2H3,(H,22,23). The average molecular weight is 418 g/mol. The van der Waals surface area contributed by atoms with Gasteiger partial charge in [0, 0.05) is 4.88 Å². The van der Waals surface area contributed by atoms with Crippen LogP contribution in [0.1, 0.15) is 56.4 Å². The molecule has 0 spiro atoms. The maximum atomic E-state index is 13.0. The van der Waals surface area contributed by atoms with Crippen molar-refractivity contribution in [1.82, 2.24) is 4.98 Å². The molecule has 0 fully saturated rings. The number of amides is 1. The summed E-state index contributed by atoms with van der Waals surface area (Å²) in [7, 11) is 0. The number of carbonyl (C=O) groups is 2. The number of carbonyl (C=O) groups excluding carboxylic acids is 2. The van der Waals surface area contributed by atoms with Crippen LogP contribution < -0.4 is 5.32 Å². The first-order valence-corrected chi connectivity index (χ1v) is 10.1. The summed E-state index contributed by atoms with van der Waals surface area (Å²) in [6.45, 7) is 3.93. The number of nitrogens with one attached hydrogen (secondary N) is 1. The number of thiophene rings is 1. The molecule has 0 aromatic carbocycles. The minimum Gasteiger partial charge on any atom is -0.462 e. The summed E-state index contributed by atoms with van der Waals surface area (Å²) in [5.74, 6) is -1.06. The third kappa shape index (κ3) is 4.01. The highest BCUT2D eigenvalue weighted by atomic mass is 32.1. The van der Waals surface area contributed by atoms with E-state index in [1.54, 1.807) is 6.92 Å². The fraction of sp³-hybridized carbons (Fsp3) is 0.471. The van der Waals surface area contributed by atoms with Crippen molar-refractivity contribution in [3.63, 3.8) is 0 Å². The first-order chi connectivity index (χ1) is 12.7. The minimum atomic E-state index is -4.72. The van der Waals surface area contributed by atoms with Gasteiger partial charge in [-0.05, 0) is 37.7 Å². The molecular formula is C17H17F3N2O3S2. The molecule has 0 saturated carbocycles. The van der Waals surface area contributed by atoms with E-state index in [0.717, 1.165) is 28.8 Å². The molecule has 1 aliphatic carbocycles. The van der Waals surface area contributed by atoms with Gasteiger partial charge in [-0.2, -0.15) is 13.2 Å². The van der Waals surface area contributed by atoms with Crippen LogP contribution in [0.5, 0.6) is 0 Å². The smallest absolute Gasteiger partial charge is 0.434 e. The summed E-state index contributed by atoms with van der Waals surface area (Å²) in [4.78, 5) is 28.6. The molecule has 0 bridgehead atoms. The van der Waals surface area contributed by atoms with E-state index in [1.165, 1.54) is 11.3 Å². The fourth-order valence-electron chi connectivity index (χ4n) is 3.03. The van der Waals surface area contributed by atoms with Crippen LogP contribution in [-0.4, -0.2) is 23.5 Å². The molecule has 3 rings (SSSR count). The first kappa shape index (κ1) is 19.8. The Morgan fingerprint density at radius 2 is 2.15 bits per heavy atom. The average Bonchev–Trinajstić information content (AvgIpc) is 3.18. The van der Waals surface area contributed by atoms with Crippen molar-refractivity contribution in [3.05, 3.63) is 32.1 Å². The predicted octanol–water partition coefficient (Wildman–Crippen LogP) is 4.78. The van der Waals surface area contributed by atoms with Gasteiger partial charge in [0.15, 0.2) is 5.69 Å². The van der Waals surface area contributed by atoms with Crippen LogP contribution in [0.15, 0.2) is 5.51 Å². The number of fused-ring (bicyclic) bond motifs is 1. The number of ether oxygens (including phenoxy) is 1. The number of hydrogen-bond acceptors (Lipinski definition) is 6. The number of hydrogen-bond donors (Lipinski definition) is 1. The van der Waals surface area contributed by atoms with Gasteiger partial charge in [-0.1, -0.05) is 6.92 Å². The molecule has 0 radical (unpaired) electrons. The molecule has 2 aromatic heterocycles. The van der Waals surface area contributed by atoms with E-state index in [4.69, 9.17) is 4.74 Å². The van der Waals surface area contributed by atoms with E-state index in [2.05, 4.69) is 17.2 Å². The zero-order chi connectivity index (χ0) is 19.8. The highest BCUT2D eigenvalue weighted by molar-refractivity contribution is 7.17. The summed E-state index contributed by atoms with van der Waals surface area (Å²) >= 11 is 1.84. The number of thiazole rings is 1. The Kier molecular flexibility index (Phi) is 5.57. The van der Waals surface area contributed by atoms with E-state index in [-0.39, 0.29) is 17.2 Å². The molecule has 2 heterocycles. The molecule has 1 atom stereocenters. The van der Waals surface area contributed by atoms with Crippen LogP contribution >= 0.6 is 22.7 Å². The van der Waals surface area contributed by atoms with Crippen molar-refractivity contribution in [2.75, 3.05) is 11.9 Å². The van der Waals surface area contributed by atoms with Gasteiger partial charge in [0.1, 0.15) is 9.88 Å². The monoisotopic (exact) mass is 418 g/mol. The molecule has 5 nitrogen and oxygen atoms in total. The number of halogens is 3. The number of alkyl halides is 3. The fourth-order valence-corrected chi connectivity index (χ4v) is 5.12. The number of anilines is 1. The van der Waals surface area contributed by atoms with Crippen molar-refractivity contribution >= 4 is 39.6 Å². The summed E-state index contributed by atoms with van der Waals surface area (Å²) in [5, 5.41) is 2.72. The molecule has 1 N–H and O–H groups in total. The van der Waals surface area contributed by atoms with Crippen LogP contribution in [0, 0.1) is 5.92 Å². The highest BCUT2D eigenvalue weighted by Gasteiger charge is 2.39.